The molecule has 0 bridgehead atoms. The molecule has 98 valence electrons. The predicted octanol–water partition coefficient (Wildman–Crippen LogP) is 4.84. The topological polar surface area (TPSA) is 12.0 Å². The van der Waals surface area contributed by atoms with Gasteiger partial charge < -0.3 is 5.32 Å². The number of benzene rings is 2. The second-order valence-corrected chi connectivity index (χ2v) is 5.51. The van der Waals surface area contributed by atoms with Crippen LogP contribution in [-0.4, -0.2) is 6.04 Å². The SMILES string of the molecule is Fc1cccc(NC2CC(c3ccc(Cl)cc3)C2)c1. The van der Waals surface area contributed by atoms with Crippen LogP contribution in [0.25, 0.3) is 0 Å². The Morgan fingerprint density at radius 3 is 2.47 bits per heavy atom. The molecule has 0 heterocycles. The van der Waals surface area contributed by atoms with Gasteiger partial charge in [0.1, 0.15) is 5.82 Å². The van der Waals surface area contributed by atoms with E-state index in [9.17, 15) is 4.39 Å². The van der Waals surface area contributed by atoms with Gasteiger partial charge in [-0.1, -0.05) is 29.8 Å². The second-order valence-electron chi connectivity index (χ2n) is 5.07. The van der Waals surface area contributed by atoms with E-state index in [-0.39, 0.29) is 5.82 Å². The lowest BCUT2D eigenvalue weighted by Gasteiger charge is -2.37. The van der Waals surface area contributed by atoms with E-state index < -0.39 is 0 Å². The number of hydrogen-bond acceptors (Lipinski definition) is 1. The van der Waals surface area contributed by atoms with E-state index >= 15 is 0 Å². The molecule has 0 unspecified atom stereocenters. The lowest BCUT2D eigenvalue weighted by atomic mass is 9.76. The maximum Gasteiger partial charge on any atom is 0.125 e. The first-order valence-corrected chi connectivity index (χ1v) is 6.86. The molecule has 1 aliphatic carbocycles. The fourth-order valence-corrected chi connectivity index (χ4v) is 2.68. The van der Waals surface area contributed by atoms with Crippen LogP contribution in [0.1, 0.15) is 24.3 Å². The van der Waals surface area contributed by atoms with Gasteiger partial charge in [0, 0.05) is 16.8 Å². The second kappa shape index (κ2) is 5.22. The Kier molecular flexibility index (Phi) is 3.43. The van der Waals surface area contributed by atoms with Crippen molar-refractivity contribution in [2.75, 3.05) is 5.32 Å². The molecule has 1 nitrogen and oxygen atoms in total. The van der Waals surface area contributed by atoms with Crippen molar-refractivity contribution in [3.63, 3.8) is 0 Å². The highest BCUT2D eigenvalue weighted by Crippen LogP contribution is 2.38. The molecule has 1 N–H and O–H groups in total. The standard InChI is InChI=1S/C16H15ClFN/c17-13-6-4-11(5-7-13)12-8-16(9-12)19-15-3-1-2-14(18)10-15/h1-7,10,12,16,19H,8-9H2. The first kappa shape index (κ1) is 12.5. The summed E-state index contributed by atoms with van der Waals surface area (Å²) in [5.41, 5.74) is 2.20. The fourth-order valence-electron chi connectivity index (χ4n) is 2.56. The van der Waals surface area contributed by atoms with Crippen molar-refractivity contribution < 1.29 is 4.39 Å². The number of halogens is 2. The summed E-state index contributed by atoms with van der Waals surface area (Å²) in [4.78, 5) is 0. The lowest BCUT2D eigenvalue weighted by molar-refractivity contribution is 0.374. The van der Waals surface area contributed by atoms with Crippen LogP contribution in [0.3, 0.4) is 0 Å². The van der Waals surface area contributed by atoms with Crippen molar-refractivity contribution in [2.24, 2.45) is 0 Å². The summed E-state index contributed by atoms with van der Waals surface area (Å²) < 4.78 is 13.1. The van der Waals surface area contributed by atoms with Crippen molar-refractivity contribution in [1.82, 2.24) is 0 Å². The highest BCUT2D eigenvalue weighted by molar-refractivity contribution is 6.30. The Morgan fingerprint density at radius 2 is 1.79 bits per heavy atom. The normalized spacial score (nSPS) is 21.8. The number of anilines is 1. The van der Waals surface area contributed by atoms with E-state index in [1.807, 2.05) is 18.2 Å². The highest BCUT2D eigenvalue weighted by atomic mass is 35.5. The minimum absolute atomic E-state index is 0.196. The molecule has 0 radical (unpaired) electrons. The Bertz CT molecular complexity index is 561. The van der Waals surface area contributed by atoms with Gasteiger partial charge in [-0.2, -0.15) is 0 Å². The van der Waals surface area contributed by atoms with E-state index in [1.165, 1.54) is 17.7 Å². The summed E-state index contributed by atoms with van der Waals surface area (Å²) in [7, 11) is 0. The molecule has 3 heteroatoms. The molecule has 0 aromatic heterocycles. The van der Waals surface area contributed by atoms with Crippen LogP contribution in [0.2, 0.25) is 5.02 Å². The maximum atomic E-state index is 13.1. The van der Waals surface area contributed by atoms with Gasteiger partial charge in [-0.3, -0.25) is 0 Å². The Hall–Kier alpha value is -1.54. The zero-order valence-corrected chi connectivity index (χ0v) is 11.2. The van der Waals surface area contributed by atoms with Crippen LogP contribution in [0.4, 0.5) is 10.1 Å². The largest absolute Gasteiger partial charge is 0.382 e. The van der Waals surface area contributed by atoms with Gasteiger partial charge in [-0.05, 0) is 54.7 Å². The smallest absolute Gasteiger partial charge is 0.125 e. The molecule has 19 heavy (non-hydrogen) atoms. The Balaban J connectivity index is 1.57. The highest BCUT2D eigenvalue weighted by Gasteiger charge is 2.30. The van der Waals surface area contributed by atoms with Crippen molar-refractivity contribution in [3.8, 4) is 0 Å². The van der Waals surface area contributed by atoms with Crippen molar-refractivity contribution in [2.45, 2.75) is 24.8 Å². The summed E-state index contributed by atoms with van der Waals surface area (Å²) in [6.45, 7) is 0. The summed E-state index contributed by atoms with van der Waals surface area (Å²) in [6.07, 6.45) is 2.16. The van der Waals surface area contributed by atoms with E-state index in [1.54, 1.807) is 6.07 Å². The van der Waals surface area contributed by atoms with E-state index in [2.05, 4.69) is 17.4 Å². The predicted molar refractivity (Wildman–Crippen MR) is 77.2 cm³/mol. The number of rotatable bonds is 3. The molecular weight excluding hydrogens is 261 g/mol. The molecule has 0 aliphatic heterocycles. The van der Waals surface area contributed by atoms with Crippen LogP contribution in [0.15, 0.2) is 48.5 Å². The third-order valence-electron chi connectivity index (χ3n) is 3.67. The van der Waals surface area contributed by atoms with Crippen molar-refractivity contribution >= 4 is 17.3 Å². The number of hydrogen-bond donors (Lipinski definition) is 1. The van der Waals surface area contributed by atoms with Crippen LogP contribution in [0.5, 0.6) is 0 Å². The molecule has 0 saturated heterocycles. The molecule has 1 saturated carbocycles. The monoisotopic (exact) mass is 275 g/mol. The Labute approximate surface area is 117 Å². The molecule has 3 rings (SSSR count). The van der Waals surface area contributed by atoms with Crippen LogP contribution in [-0.2, 0) is 0 Å². The molecule has 1 fully saturated rings. The number of nitrogens with one attached hydrogen (secondary N) is 1. The zero-order valence-electron chi connectivity index (χ0n) is 10.4. The maximum absolute atomic E-state index is 13.1. The Morgan fingerprint density at radius 1 is 1.05 bits per heavy atom. The van der Waals surface area contributed by atoms with E-state index in [0.29, 0.717) is 12.0 Å². The molecule has 1 aliphatic rings. The van der Waals surface area contributed by atoms with Crippen LogP contribution >= 0.6 is 11.6 Å². The van der Waals surface area contributed by atoms with E-state index in [4.69, 9.17) is 11.6 Å². The molecule has 0 atom stereocenters. The molecule has 0 amide bonds. The lowest BCUT2D eigenvalue weighted by Crippen LogP contribution is -2.33. The van der Waals surface area contributed by atoms with Gasteiger partial charge >= 0.3 is 0 Å². The molecular formula is C16H15ClFN. The van der Waals surface area contributed by atoms with Gasteiger partial charge in [0.15, 0.2) is 0 Å². The van der Waals surface area contributed by atoms with Crippen LogP contribution < -0.4 is 5.32 Å². The quantitative estimate of drug-likeness (QED) is 0.845. The first-order chi connectivity index (χ1) is 9.20. The van der Waals surface area contributed by atoms with Gasteiger partial charge in [0.2, 0.25) is 0 Å². The molecule has 2 aromatic carbocycles. The van der Waals surface area contributed by atoms with Gasteiger partial charge in [-0.15, -0.1) is 0 Å². The zero-order chi connectivity index (χ0) is 13.2. The summed E-state index contributed by atoms with van der Waals surface area (Å²) >= 11 is 5.88. The van der Waals surface area contributed by atoms with Crippen LogP contribution in [0, 0.1) is 5.82 Å². The van der Waals surface area contributed by atoms with E-state index in [0.717, 1.165) is 23.6 Å². The minimum Gasteiger partial charge on any atom is -0.382 e. The van der Waals surface area contributed by atoms with Gasteiger partial charge in [0.05, 0.1) is 0 Å². The third kappa shape index (κ3) is 2.90. The fraction of sp³-hybridized carbons (Fsp3) is 0.250. The third-order valence-corrected chi connectivity index (χ3v) is 3.93. The minimum atomic E-state index is -0.196. The first-order valence-electron chi connectivity index (χ1n) is 6.48. The molecule has 0 spiro atoms. The van der Waals surface area contributed by atoms with Crippen molar-refractivity contribution in [3.05, 3.63) is 64.9 Å². The van der Waals surface area contributed by atoms with Gasteiger partial charge in [-0.25, -0.2) is 4.39 Å². The summed E-state index contributed by atoms with van der Waals surface area (Å²) in [5, 5.41) is 4.14. The molecule has 2 aromatic rings. The average molecular weight is 276 g/mol. The summed E-state index contributed by atoms with van der Waals surface area (Å²) in [5.74, 6) is 0.391. The summed E-state index contributed by atoms with van der Waals surface area (Å²) in [6, 6.07) is 15.1. The average Bonchev–Trinajstić information content (AvgIpc) is 2.35. The van der Waals surface area contributed by atoms with Gasteiger partial charge in [0.25, 0.3) is 0 Å². The van der Waals surface area contributed by atoms with Crippen molar-refractivity contribution in [1.29, 1.82) is 0 Å².